The molecule has 0 aromatic rings. The fraction of sp³-hybridized carbons (Fsp3) is 1.00. The van der Waals surface area contributed by atoms with E-state index in [1.807, 2.05) is 0 Å². The predicted octanol–water partition coefficient (Wildman–Crippen LogP) is 2.00. The van der Waals surface area contributed by atoms with Crippen LogP contribution >= 0.6 is 0 Å². The molecule has 0 aliphatic rings. The maximum Gasteiger partial charge on any atom is 0.186 e. The minimum absolute atomic E-state index is 0.328. The minimum Gasteiger partial charge on any atom is -0.420 e. The highest BCUT2D eigenvalue weighted by Crippen LogP contribution is 2.14. The molecule has 0 saturated carbocycles. The van der Waals surface area contributed by atoms with E-state index in [0.717, 1.165) is 12.8 Å². The minimum atomic E-state index is -1.31. The van der Waals surface area contributed by atoms with Gasteiger partial charge in [0.1, 0.15) is 0 Å². The van der Waals surface area contributed by atoms with Crippen LogP contribution in [0.1, 0.15) is 19.3 Å². The van der Waals surface area contributed by atoms with E-state index >= 15 is 0 Å². The van der Waals surface area contributed by atoms with Gasteiger partial charge in [0, 0.05) is 13.7 Å². The number of rotatable bonds is 6. The fourth-order valence-electron chi connectivity index (χ4n) is 0.941. The van der Waals surface area contributed by atoms with Gasteiger partial charge in [0.15, 0.2) is 8.32 Å². The van der Waals surface area contributed by atoms with Gasteiger partial charge in [-0.25, -0.2) is 0 Å². The lowest BCUT2D eigenvalue weighted by Crippen LogP contribution is -2.27. The summed E-state index contributed by atoms with van der Waals surface area (Å²) in [6.45, 7) is 4.78. The smallest absolute Gasteiger partial charge is 0.186 e. The van der Waals surface area contributed by atoms with Crippen LogP contribution in [0.15, 0.2) is 0 Å². The second kappa shape index (κ2) is 5.74. The second-order valence-electron chi connectivity index (χ2n) is 3.50. The molecule has 0 spiro atoms. The Morgan fingerprint density at radius 1 is 1.18 bits per heavy atom. The molecule has 0 aliphatic heterocycles. The van der Waals surface area contributed by atoms with Crippen LogP contribution in [-0.2, 0) is 4.43 Å². The highest BCUT2D eigenvalue weighted by Gasteiger charge is 2.18. The van der Waals surface area contributed by atoms with Gasteiger partial charge in [-0.3, -0.25) is 0 Å². The molecule has 68 valence electrons. The highest BCUT2D eigenvalue weighted by atomic mass is 28.4. The van der Waals surface area contributed by atoms with E-state index in [2.05, 4.69) is 13.1 Å². The van der Waals surface area contributed by atoms with Gasteiger partial charge in [0.2, 0.25) is 0 Å². The van der Waals surface area contributed by atoms with Crippen molar-refractivity contribution in [2.24, 2.45) is 0 Å². The molecular formula is C8H20O2Si. The van der Waals surface area contributed by atoms with E-state index in [1.54, 1.807) is 7.11 Å². The Hall–Kier alpha value is 0.137. The first-order valence-electron chi connectivity index (χ1n) is 4.28. The molecule has 0 saturated heterocycles. The van der Waals surface area contributed by atoms with Gasteiger partial charge in [0.25, 0.3) is 0 Å². The Morgan fingerprint density at radius 2 is 1.82 bits per heavy atom. The highest BCUT2D eigenvalue weighted by molar-refractivity contribution is 6.71. The third kappa shape index (κ3) is 6.53. The first-order chi connectivity index (χ1) is 5.12. The summed E-state index contributed by atoms with van der Waals surface area (Å²) >= 11 is 0. The van der Waals surface area contributed by atoms with Crippen LogP contribution in [0.3, 0.4) is 0 Å². The first-order valence-corrected chi connectivity index (χ1v) is 7.40. The number of aliphatic hydroxyl groups excluding tert-OH is 1. The van der Waals surface area contributed by atoms with Crippen molar-refractivity contribution in [3.8, 4) is 0 Å². The van der Waals surface area contributed by atoms with Crippen LogP contribution in [0, 0.1) is 0 Å². The predicted molar refractivity (Wildman–Crippen MR) is 50.2 cm³/mol. The lowest BCUT2D eigenvalue weighted by Gasteiger charge is -2.19. The van der Waals surface area contributed by atoms with Gasteiger partial charge in [0.05, 0.1) is 0 Å². The molecule has 0 amide bonds. The van der Waals surface area contributed by atoms with Gasteiger partial charge in [-0.2, -0.15) is 0 Å². The first kappa shape index (κ1) is 11.1. The SMILES string of the molecule is CO[Si](C)(C)CCCCCO. The third-order valence-corrected chi connectivity index (χ3v) is 4.65. The largest absolute Gasteiger partial charge is 0.420 e. The van der Waals surface area contributed by atoms with Gasteiger partial charge < -0.3 is 9.53 Å². The molecule has 0 aromatic carbocycles. The Bertz CT molecular complexity index is 94.1. The normalized spacial score (nSPS) is 12.0. The Labute approximate surface area is 70.7 Å². The van der Waals surface area contributed by atoms with Crippen LogP contribution in [0.25, 0.3) is 0 Å². The van der Waals surface area contributed by atoms with Gasteiger partial charge >= 0.3 is 0 Å². The molecule has 0 heterocycles. The van der Waals surface area contributed by atoms with E-state index in [0.29, 0.717) is 6.61 Å². The summed E-state index contributed by atoms with van der Waals surface area (Å²) in [7, 11) is 0.495. The van der Waals surface area contributed by atoms with E-state index in [-0.39, 0.29) is 0 Å². The lowest BCUT2D eigenvalue weighted by atomic mass is 10.3. The van der Waals surface area contributed by atoms with Crippen LogP contribution in [0.2, 0.25) is 19.1 Å². The van der Waals surface area contributed by atoms with E-state index in [1.165, 1.54) is 12.5 Å². The third-order valence-electron chi connectivity index (χ3n) is 1.99. The van der Waals surface area contributed by atoms with Crippen molar-refractivity contribution in [2.45, 2.75) is 38.4 Å². The molecule has 3 heteroatoms. The number of aliphatic hydroxyl groups is 1. The topological polar surface area (TPSA) is 29.5 Å². The second-order valence-corrected chi connectivity index (χ2v) is 7.93. The summed E-state index contributed by atoms with van der Waals surface area (Å²) in [5.74, 6) is 0. The van der Waals surface area contributed by atoms with Crippen molar-refractivity contribution >= 4 is 8.32 Å². The molecule has 11 heavy (non-hydrogen) atoms. The zero-order valence-electron chi connectivity index (χ0n) is 7.89. The van der Waals surface area contributed by atoms with Crippen molar-refractivity contribution in [1.82, 2.24) is 0 Å². The fourth-order valence-corrected chi connectivity index (χ4v) is 2.25. The summed E-state index contributed by atoms with van der Waals surface area (Å²) in [5.41, 5.74) is 0. The van der Waals surface area contributed by atoms with Crippen molar-refractivity contribution in [2.75, 3.05) is 13.7 Å². The number of unbranched alkanes of at least 4 members (excludes halogenated alkanes) is 2. The Kier molecular flexibility index (Phi) is 5.82. The van der Waals surface area contributed by atoms with Gasteiger partial charge in [-0.1, -0.05) is 12.8 Å². The molecule has 0 rings (SSSR count). The van der Waals surface area contributed by atoms with Crippen LogP contribution in [-0.4, -0.2) is 27.1 Å². The van der Waals surface area contributed by atoms with Crippen LogP contribution in [0.5, 0.6) is 0 Å². The molecule has 0 aliphatic carbocycles. The van der Waals surface area contributed by atoms with Crippen molar-refractivity contribution in [3.63, 3.8) is 0 Å². The molecule has 0 bridgehead atoms. The van der Waals surface area contributed by atoms with Crippen molar-refractivity contribution in [1.29, 1.82) is 0 Å². The van der Waals surface area contributed by atoms with Crippen LogP contribution < -0.4 is 0 Å². The zero-order valence-corrected chi connectivity index (χ0v) is 8.89. The average Bonchev–Trinajstić information content (AvgIpc) is 1.99. The molecule has 2 nitrogen and oxygen atoms in total. The number of hydrogen-bond donors (Lipinski definition) is 1. The molecule has 0 fully saturated rings. The lowest BCUT2D eigenvalue weighted by molar-refractivity contribution is 0.283. The quantitative estimate of drug-likeness (QED) is 0.495. The molecule has 0 radical (unpaired) electrons. The summed E-state index contributed by atoms with van der Waals surface area (Å²) in [4.78, 5) is 0. The van der Waals surface area contributed by atoms with E-state index in [9.17, 15) is 0 Å². The number of hydrogen-bond acceptors (Lipinski definition) is 2. The molecule has 1 N–H and O–H groups in total. The molecule has 0 aromatic heterocycles. The van der Waals surface area contributed by atoms with Crippen LogP contribution in [0.4, 0.5) is 0 Å². The van der Waals surface area contributed by atoms with E-state index < -0.39 is 8.32 Å². The average molecular weight is 176 g/mol. The van der Waals surface area contributed by atoms with Crippen molar-refractivity contribution in [3.05, 3.63) is 0 Å². The maximum atomic E-state index is 8.53. The summed E-state index contributed by atoms with van der Waals surface area (Å²) in [6.07, 6.45) is 3.28. The maximum absolute atomic E-state index is 8.53. The Morgan fingerprint density at radius 3 is 2.27 bits per heavy atom. The van der Waals surface area contributed by atoms with Gasteiger partial charge in [-0.15, -0.1) is 0 Å². The standard InChI is InChI=1S/C8H20O2Si/c1-10-11(2,3)8-6-4-5-7-9/h9H,4-8H2,1-3H3. The van der Waals surface area contributed by atoms with E-state index in [4.69, 9.17) is 9.53 Å². The Balaban J connectivity index is 3.23. The zero-order chi connectivity index (χ0) is 8.74. The summed E-state index contributed by atoms with van der Waals surface area (Å²) in [6, 6.07) is 1.21. The van der Waals surface area contributed by atoms with Gasteiger partial charge in [-0.05, 0) is 25.6 Å². The van der Waals surface area contributed by atoms with Crippen molar-refractivity contribution < 1.29 is 9.53 Å². The summed E-state index contributed by atoms with van der Waals surface area (Å²) in [5, 5.41) is 8.53. The molecule has 0 atom stereocenters. The monoisotopic (exact) mass is 176 g/mol. The summed E-state index contributed by atoms with van der Waals surface area (Å²) < 4.78 is 5.39. The molecule has 0 unspecified atom stereocenters. The molecular weight excluding hydrogens is 156 g/mol.